The topological polar surface area (TPSA) is 61.3 Å². The van der Waals surface area contributed by atoms with Crippen LogP contribution in [0.5, 0.6) is 5.75 Å². The second-order valence-electron chi connectivity index (χ2n) is 10.2. The van der Waals surface area contributed by atoms with Crippen molar-refractivity contribution in [3.63, 3.8) is 0 Å². The molecular weight excluding hydrogens is 472 g/mol. The van der Waals surface area contributed by atoms with Crippen LogP contribution in [0.2, 0.25) is 0 Å². The van der Waals surface area contributed by atoms with Gasteiger partial charge in [-0.15, -0.1) is 0 Å². The highest BCUT2D eigenvalue weighted by molar-refractivity contribution is 5.69. The molecule has 1 aromatic heterocycles. The van der Waals surface area contributed by atoms with Gasteiger partial charge >= 0.3 is 5.97 Å². The molecule has 2 aromatic carbocycles. The van der Waals surface area contributed by atoms with Crippen LogP contribution in [0.4, 0.5) is 0 Å². The molecule has 0 saturated carbocycles. The van der Waals surface area contributed by atoms with E-state index in [1.807, 2.05) is 57.4 Å². The number of benzene rings is 2. The Bertz CT molecular complexity index is 1080. The molecule has 0 fully saturated rings. The Labute approximate surface area is 229 Å². The number of aromatic nitrogens is 2. The van der Waals surface area contributed by atoms with Crippen LogP contribution in [-0.2, 0) is 16.0 Å². The van der Waals surface area contributed by atoms with E-state index in [2.05, 4.69) is 41.2 Å². The first-order valence-corrected chi connectivity index (χ1v) is 14.4. The summed E-state index contributed by atoms with van der Waals surface area (Å²) in [4.78, 5) is 20.9. The first-order chi connectivity index (χ1) is 18.5. The molecule has 204 valence electrons. The number of esters is 1. The normalized spacial score (nSPS) is 12.6. The molecule has 2 atom stereocenters. The molecule has 0 saturated heterocycles. The third kappa shape index (κ3) is 9.92. The summed E-state index contributed by atoms with van der Waals surface area (Å²) in [5, 5.41) is 0. The number of hydrogen-bond acceptors (Lipinski definition) is 5. The smallest absolute Gasteiger partial charge is 0.306 e. The minimum Gasteiger partial charge on any atom is -0.491 e. The summed E-state index contributed by atoms with van der Waals surface area (Å²) in [5.74, 6) is 1.37. The Morgan fingerprint density at radius 1 is 0.737 bits per heavy atom. The van der Waals surface area contributed by atoms with Crippen LogP contribution < -0.4 is 4.74 Å². The van der Waals surface area contributed by atoms with Gasteiger partial charge in [-0.2, -0.15) is 0 Å². The van der Waals surface area contributed by atoms with E-state index < -0.39 is 0 Å². The van der Waals surface area contributed by atoms with Crippen LogP contribution in [0.15, 0.2) is 60.9 Å². The number of hydrogen-bond donors (Lipinski definition) is 0. The number of nitrogens with zero attached hydrogens (tertiary/aromatic N) is 2. The third-order valence-electron chi connectivity index (χ3n) is 6.66. The summed E-state index contributed by atoms with van der Waals surface area (Å²) in [5.41, 5.74) is 4.41. The van der Waals surface area contributed by atoms with Gasteiger partial charge in [0.05, 0.1) is 6.10 Å². The second kappa shape index (κ2) is 15.9. The van der Waals surface area contributed by atoms with Crippen molar-refractivity contribution < 1.29 is 14.3 Å². The minimum atomic E-state index is -0.171. The predicted molar refractivity (Wildman–Crippen MR) is 155 cm³/mol. The molecule has 38 heavy (non-hydrogen) atoms. The Balaban J connectivity index is 1.48. The molecule has 5 heteroatoms. The van der Waals surface area contributed by atoms with Crippen molar-refractivity contribution in [3.05, 3.63) is 66.5 Å². The van der Waals surface area contributed by atoms with Gasteiger partial charge in [0, 0.05) is 36.4 Å². The van der Waals surface area contributed by atoms with Gasteiger partial charge in [0.1, 0.15) is 11.9 Å². The van der Waals surface area contributed by atoms with E-state index in [0.717, 1.165) is 41.1 Å². The summed E-state index contributed by atoms with van der Waals surface area (Å²) < 4.78 is 11.4. The van der Waals surface area contributed by atoms with Crippen LogP contribution >= 0.6 is 0 Å². The van der Waals surface area contributed by atoms with Gasteiger partial charge in [0.2, 0.25) is 0 Å². The molecule has 0 unspecified atom stereocenters. The molecule has 0 spiro atoms. The largest absolute Gasteiger partial charge is 0.491 e. The first-order valence-electron chi connectivity index (χ1n) is 14.4. The fourth-order valence-corrected chi connectivity index (χ4v) is 4.57. The van der Waals surface area contributed by atoms with Gasteiger partial charge in [0.25, 0.3) is 0 Å². The zero-order valence-corrected chi connectivity index (χ0v) is 23.6. The molecular formula is C33H44N2O3. The van der Waals surface area contributed by atoms with E-state index in [1.54, 1.807) is 0 Å². The number of ether oxygens (including phenoxy) is 2. The lowest BCUT2D eigenvalue weighted by Gasteiger charge is -2.19. The molecule has 0 radical (unpaired) electrons. The molecule has 5 nitrogen and oxygen atoms in total. The standard InChI is InChI=1S/C33H44N2O3/c1-5-7-8-9-10-11-13-27-14-16-29(17-15-27)33-34-23-30(24-35-33)28-18-20-31(21-19-28)37-25(3)22-26(4)38-32(36)12-6-2/h14-21,23-26H,5-13,22H2,1-4H3/t25-,26-/m1/s1. The maximum Gasteiger partial charge on any atom is 0.306 e. The number of carbonyl (C=O) groups is 1. The molecule has 0 amide bonds. The van der Waals surface area contributed by atoms with Crippen molar-refractivity contribution in [2.75, 3.05) is 0 Å². The summed E-state index contributed by atoms with van der Waals surface area (Å²) in [6.07, 6.45) is 14.5. The van der Waals surface area contributed by atoms with E-state index >= 15 is 0 Å². The fourth-order valence-electron chi connectivity index (χ4n) is 4.57. The van der Waals surface area contributed by atoms with Crippen molar-refractivity contribution in [1.29, 1.82) is 0 Å². The number of rotatable bonds is 16. The van der Waals surface area contributed by atoms with Crippen molar-refractivity contribution in [2.24, 2.45) is 0 Å². The van der Waals surface area contributed by atoms with E-state index in [-0.39, 0.29) is 18.2 Å². The number of unbranched alkanes of at least 4 members (excludes halogenated alkanes) is 5. The first kappa shape index (κ1) is 29.3. The van der Waals surface area contributed by atoms with E-state index in [0.29, 0.717) is 12.8 Å². The summed E-state index contributed by atoms with van der Waals surface area (Å²) in [6.45, 7) is 8.13. The Kier molecular flexibility index (Phi) is 12.3. The average Bonchev–Trinajstić information content (AvgIpc) is 2.91. The molecule has 3 aromatic rings. The van der Waals surface area contributed by atoms with E-state index in [4.69, 9.17) is 9.47 Å². The number of carbonyl (C=O) groups excluding carboxylic acids is 1. The van der Waals surface area contributed by atoms with Gasteiger partial charge in [-0.1, -0.05) is 82.3 Å². The maximum atomic E-state index is 11.7. The zero-order chi connectivity index (χ0) is 27.2. The van der Waals surface area contributed by atoms with Crippen molar-refractivity contribution in [1.82, 2.24) is 9.97 Å². The summed E-state index contributed by atoms with van der Waals surface area (Å²) in [6, 6.07) is 16.6. The number of aryl methyl sites for hydroxylation is 1. The zero-order valence-electron chi connectivity index (χ0n) is 23.6. The minimum absolute atomic E-state index is 0.0647. The van der Waals surface area contributed by atoms with E-state index in [1.165, 1.54) is 44.1 Å². The van der Waals surface area contributed by atoms with Crippen LogP contribution in [0.25, 0.3) is 22.5 Å². The Morgan fingerprint density at radius 3 is 2.03 bits per heavy atom. The Hall–Kier alpha value is -3.21. The van der Waals surface area contributed by atoms with Crippen molar-refractivity contribution in [2.45, 2.75) is 104 Å². The van der Waals surface area contributed by atoms with Gasteiger partial charge in [0.15, 0.2) is 5.82 Å². The van der Waals surface area contributed by atoms with Gasteiger partial charge in [-0.25, -0.2) is 9.97 Å². The SMILES string of the molecule is CCCCCCCCc1ccc(-c2ncc(-c3ccc(O[C@H](C)C[C@@H](C)OC(=O)CCC)cc3)cn2)cc1. The Morgan fingerprint density at radius 2 is 1.37 bits per heavy atom. The highest BCUT2D eigenvalue weighted by Gasteiger charge is 2.14. The van der Waals surface area contributed by atoms with Gasteiger partial charge in [-0.05, 0) is 56.4 Å². The van der Waals surface area contributed by atoms with Gasteiger partial charge < -0.3 is 9.47 Å². The van der Waals surface area contributed by atoms with Gasteiger partial charge in [-0.3, -0.25) is 4.79 Å². The molecule has 1 heterocycles. The summed E-state index contributed by atoms with van der Waals surface area (Å²) in [7, 11) is 0. The molecule has 3 rings (SSSR count). The van der Waals surface area contributed by atoms with Crippen LogP contribution in [0, 0.1) is 0 Å². The van der Waals surface area contributed by atoms with Crippen LogP contribution in [0.3, 0.4) is 0 Å². The molecule has 0 bridgehead atoms. The lowest BCUT2D eigenvalue weighted by molar-refractivity contribution is -0.149. The molecule has 0 aliphatic carbocycles. The summed E-state index contributed by atoms with van der Waals surface area (Å²) >= 11 is 0. The second-order valence-corrected chi connectivity index (χ2v) is 10.2. The predicted octanol–water partition coefficient (Wildman–Crippen LogP) is 8.60. The highest BCUT2D eigenvalue weighted by atomic mass is 16.5. The maximum absolute atomic E-state index is 11.7. The lowest BCUT2D eigenvalue weighted by Crippen LogP contribution is -2.23. The monoisotopic (exact) mass is 516 g/mol. The van der Waals surface area contributed by atoms with E-state index in [9.17, 15) is 4.79 Å². The third-order valence-corrected chi connectivity index (χ3v) is 6.66. The fraction of sp³-hybridized carbons (Fsp3) is 0.485. The van der Waals surface area contributed by atoms with Crippen LogP contribution in [0.1, 0.15) is 91.0 Å². The van der Waals surface area contributed by atoms with Crippen LogP contribution in [-0.4, -0.2) is 28.1 Å². The highest BCUT2D eigenvalue weighted by Crippen LogP contribution is 2.24. The molecule has 0 N–H and O–H groups in total. The van der Waals surface area contributed by atoms with Crippen molar-refractivity contribution >= 4 is 5.97 Å². The quantitative estimate of drug-likeness (QED) is 0.141. The lowest BCUT2D eigenvalue weighted by atomic mass is 10.0. The average molecular weight is 517 g/mol. The molecule has 0 aliphatic heterocycles. The molecule has 0 aliphatic rings. The van der Waals surface area contributed by atoms with Crippen molar-refractivity contribution in [3.8, 4) is 28.3 Å².